The van der Waals surface area contributed by atoms with E-state index in [4.69, 9.17) is 0 Å². The number of hydrogen-bond acceptors (Lipinski definition) is 2. The normalized spacial score (nSPS) is 14.2. The van der Waals surface area contributed by atoms with Crippen LogP contribution in [0.5, 0.6) is 0 Å². The van der Waals surface area contributed by atoms with Gasteiger partial charge in [0.1, 0.15) is 0 Å². The van der Waals surface area contributed by atoms with Crippen LogP contribution in [0.3, 0.4) is 0 Å². The van der Waals surface area contributed by atoms with E-state index >= 15 is 0 Å². The Morgan fingerprint density at radius 3 is 2.29 bits per heavy atom. The molecule has 2 rings (SSSR count). The smallest absolute Gasteiger partial charge is 0.0730 e. The van der Waals surface area contributed by atoms with Crippen molar-refractivity contribution in [1.29, 1.82) is 0 Å². The second-order valence-corrected chi connectivity index (χ2v) is 5.24. The topological polar surface area (TPSA) is 32.3 Å². The van der Waals surface area contributed by atoms with Gasteiger partial charge < -0.3 is 10.4 Å². The first-order valence-electron chi connectivity index (χ1n) is 7.42. The van der Waals surface area contributed by atoms with Crippen LogP contribution >= 0.6 is 0 Å². The van der Waals surface area contributed by atoms with Crippen molar-refractivity contribution in [3.63, 3.8) is 0 Å². The van der Waals surface area contributed by atoms with E-state index in [1.807, 2.05) is 36.4 Å². The maximum absolute atomic E-state index is 10.2. The van der Waals surface area contributed by atoms with Gasteiger partial charge in [-0.3, -0.25) is 0 Å². The lowest BCUT2D eigenvalue weighted by molar-refractivity contribution is 0.148. The third kappa shape index (κ3) is 5.18. The Kier molecular flexibility index (Phi) is 6.20. The van der Waals surface area contributed by atoms with Crippen LogP contribution in [0.1, 0.15) is 24.0 Å². The summed E-state index contributed by atoms with van der Waals surface area (Å²) in [5.74, 6) is 0.136. The van der Waals surface area contributed by atoms with E-state index in [9.17, 15) is 5.11 Å². The van der Waals surface area contributed by atoms with E-state index in [0.717, 1.165) is 6.54 Å². The highest BCUT2D eigenvalue weighted by atomic mass is 16.3. The van der Waals surface area contributed by atoms with Gasteiger partial charge in [0.25, 0.3) is 0 Å². The summed E-state index contributed by atoms with van der Waals surface area (Å²) in [4.78, 5) is 0. The standard InChI is InChI=1S/C19H23NO/c1-16(18-12-6-3-7-13-18)19(21)15-20-14-8-11-17-9-4-2-5-10-17/h2-13,16,19-21H,14-15H2,1H3/b11-8+. The van der Waals surface area contributed by atoms with Crippen molar-refractivity contribution in [2.75, 3.05) is 13.1 Å². The van der Waals surface area contributed by atoms with E-state index in [1.165, 1.54) is 11.1 Å². The molecule has 0 aliphatic rings. The van der Waals surface area contributed by atoms with Crippen molar-refractivity contribution in [3.8, 4) is 0 Å². The Balaban J connectivity index is 1.72. The quantitative estimate of drug-likeness (QED) is 0.762. The van der Waals surface area contributed by atoms with Crippen LogP contribution in [-0.4, -0.2) is 24.3 Å². The highest BCUT2D eigenvalue weighted by Gasteiger charge is 2.14. The predicted molar refractivity (Wildman–Crippen MR) is 89.2 cm³/mol. The molecule has 0 heterocycles. The van der Waals surface area contributed by atoms with Crippen LogP contribution in [-0.2, 0) is 0 Å². The molecule has 2 unspecified atom stereocenters. The van der Waals surface area contributed by atoms with Crippen LogP contribution in [0.2, 0.25) is 0 Å². The van der Waals surface area contributed by atoms with Crippen LogP contribution in [0.25, 0.3) is 6.08 Å². The minimum atomic E-state index is -0.377. The fourth-order valence-corrected chi connectivity index (χ4v) is 2.23. The molecule has 110 valence electrons. The van der Waals surface area contributed by atoms with E-state index in [2.05, 4.69) is 48.7 Å². The average Bonchev–Trinajstić information content (AvgIpc) is 2.55. The Hall–Kier alpha value is -1.90. The third-order valence-electron chi connectivity index (χ3n) is 3.63. The fraction of sp³-hybridized carbons (Fsp3) is 0.263. The van der Waals surface area contributed by atoms with Gasteiger partial charge in [-0.1, -0.05) is 79.7 Å². The molecule has 0 amide bonds. The zero-order valence-electron chi connectivity index (χ0n) is 12.4. The molecule has 2 nitrogen and oxygen atoms in total. The minimum absolute atomic E-state index is 0.136. The lowest BCUT2D eigenvalue weighted by Gasteiger charge is -2.19. The predicted octanol–water partition coefficient (Wildman–Crippen LogP) is 3.45. The van der Waals surface area contributed by atoms with Gasteiger partial charge in [0.15, 0.2) is 0 Å². The lowest BCUT2D eigenvalue weighted by Crippen LogP contribution is -2.30. The van der Waals surface area contributed by atoms with Gasteiger partial charge in [-0.05, 0) is 11.1 Å². The molecule has 21 heavy (non-hydrogen) atoms. The van der Waals surface area contributed by atoms with Gasteiger partial charge in [0.2, 0.25) is 0 Å². The van der Waals surface area contributed by atoms with E-state index in [-0.39, 0.29) is 12.0 Å². The van der Waals surface area contributed by atoms with Crippen molar-refractivity contribution in [2.24, 2.45) is 0 Å². The molecule has 0 fully saturated rings. The molecule has 2 aromatic carbocycles. The summed E-state index contributed by atoms with van der Waals surface area (Å²) in [6, 6.07) is 20.3. The number of nitrogens with one attached hydrogen (secondary N) is 1. The zero-order valence-corrected chi connectivity index (χ0v) is 12.4. The second-order valence-electron chi connectivity index (χ2n) is 5.24. The maximum atomic E-state index is 10.2. The van der Waals surface area contributed by atoms with Crippen molar-refractivity contribution in [2.45, 2.75) is 18.9 Å². The molecule has 0 saturated carbocycles. The SMILES string of the molecule is CC(c1ccccc1)C(O)CNC/C=C/c1ccccc1. The molecular weight excluding hydrogens is 258 g/mol. The van der Waals surface area contributed by atoms with Crippen molar-refractivity contribution < 1.29 is 5.11 Å². The summed E-state index contributed by atoms with van der Waals surface area (Å²) >= 11 is 0. The van der Waals surface area contributed by atoms with Gasteiger partial charge >= 0.3 is 0 Å². The van der Waals surface area contributed by atoms with Crippen LogP contribution < -0.4 is 5.32 Å². The first-order chi connectivity index (χ1) is 10.3. The molecule has 0 saturated heterocycles. The van der Waals surface area contributed by atoms with E-state index in [1.54, 1.807) is 0 Å². The van der Waals surface area contributed by atoms with Gasteiger partial charge in [-0.15, -0.1) is 0 Å². The van der Waals surface area contributed by atoms with Gasteiger partial charge in [0, 0.05) is 19.0 Å². The molecule has 0 aliphatic heterocycles. The van der Waals surface area contributed by atoms with Crippen molar-refractivity contribution >= 4 is 6.08 Å². The summed E-state index contributed by atoms with van der Waals surface area (Å²) in [5.41, 5.74) is 2.36. The molecule has 2 heteroatoms. The number of hydrogen-bond donors (Lipinski definition) is 2. The monoisotopic (exact) mass is 281 g/mol. The summed E-state index contributed by atoms with van der Waals surface area (Å²) < 4.78 is 0. The molecular formula is C19H23NO. The number of rotatable bonds is 7. The Labute approximate surface area is 127 Å². The summed E-state index contributed by atoms with van der Waals surface area (Å²) in [5, 5.41) is 13.5. The van der Waals surface area contributed by atoms with Gasteiger partial charge in [-0.25, -0.2) is 0 Å². The number of benzene rings is 2. The van der Waals surface area contributed by atoms with Gasteiger partial charge in [0.05, 0.1) is 6.10 Å². The van der Waals surface area contributed by atoms with Crippen LogP contribution in [0.4, 0.5) is 0 Å². The van der Waals surface area contributed by atoms with Crippen LogP contribution in [0.15, 0.2) is 66.7 Å². The van der Waals surface area contributed by atoms with Crippen molar-refractivity contribution in [3.05, 3.63) is 77.9 Å². The van der Waals surface area contributed by atoms with Crippen LogP contribution in [0, 0.1) is 0 Å². The molecule has 2 atom stereocenters. The second kappa shape index (κ2) is 8.40. The molecule has 0 aromatic heterocycles. The largest absolute Gasteiger partial charge is 0.391 e. The summed E-state index contributed by atoms with van der Waals surface area (Å²) in [7, 11) is 0. The summed E-state index contributed by atoms with van der Waals surface area (Å²) in [6.45, 7) is 3.41. The van der Waals surface area contributed by atoms with Gasteiger partial charge in [-0.2, -0.15) is 0 Å². The maximum Gasteiger partial charge on any atom is 0.0730 e. The average molecular weight is 281 g/mol. The molecule has 0 radical (unpaired) electrons. The molecule has 2 N–H and O–H groups in total. The molecule has 2 aromatic rings. The molecule has 0 aliphatic carbocycles. The first kappa shape index (κ1) is 15.5. The zero-order chi connectivity index (χ0) is 14.9. The Morgan fingerprint density at radius 2 is 1.62 bits per heavy atom. The van der Waals surface area contributed by atoms with Crippen molar-refractivity contribution in [1.82, 2.24) is 5.32 Å². The Bertz CT molecular complexity index is 536. The highest BCUT2D eigenvalue weighted by Crippen LogP contribution is 2.18. The van der Waals surface area contributed by atoms with E-state index in [0.29, 0.717) is 6.54 Å². The molecule has 0 bridgehead atoms. The minimum Gasteiger partial charge on any atom is -0.391 e. The fourth-order valence-electron chi connectivity index (χ4n) is 2.23. The molecule has 0 spiro atoms. The lowest BCUT2D eigenvalue weighted by atomic mass is 9.95. The first-order valence-corrected chi connectivity index (χ1v) is 7.42. The number of aliphatic hydroxyl groups is 1. The Morgan fingerprint density at radius 1 is 1.00 bits per heavy atom. The number of aliphatic hydroxyl groups excluding tert-OH is 1. The highest BCUT2D eigenvalue weighted by molar-refractivity contribution is 5.48. The summed E-state index contributed by atoms with van der Waals surface area (Å²) in [6.07, 6.45) is 3.78. The van der Waals surface area contributed by atoms with E-state index < -0.39 is 0 Å². The third-order valence-corrected chi connectivity index (χ3v) is 3.63.